The molecule has 0 saturated carbocycles. The van der Waals surface area contributed by atoms with Gasteiger partial charge in [-0.15, -0.1) is 24.0 Å². The van der Waals surface area contributed by atoms with Gasteiger partial charge in [0, 0.05) is 12.2 Å². The molecule has 0 unspecified atom stereocenters. The van der Waals surface area contributed by atoms with Gasteiger partial charge >= 0.3 is 0 Å². The fourth-order valence-electron chi connectivity index (χ4n) is 0.239. The summed E-state index contributed by atoms with van der Waals surface area (Å²) in [5, 5.41) is 0. The molecular formula is C5H8S2. The van der Waals surface area contributed by atoms with Crippen molar-refractivity contribution >= 4 is 22.5 Å². The Morgan fingerprint density at radius 1 is 1.71 bits per heavy atom. The number of hydrogen-bond acceptors (Lipinski definition) is 2. The fourth-order valence-corrected chi connectivity index (χ4v) is 0.900. The molecule has 0 nitrogen and oxygen atoms in total. The van der Waals surface area contributed by atoms with Gasteiger partial charge < -0.3 is 0 Å². The average Bonchev–Trinajstić information content (AvgIpc) is 1.69. The summed E-state index contributed by atoms with van der Waals surface area (Å²) < 4.78 is 0. The van der Waals surface area contributed by atoms with E-state index in [2.05, 4.69) is 17.6 Å². The van der Waals surface area contributed by atoms with Gasteiger partial charge in [0.05, 0.1) is 0 Å². The van der Waals surface area contributed by atoms with Gasteiger partial charge in [-0.05, 0) is 6.42 Å². The zero-order chi connectivity index (χ0) is 5.54. The van der Waals surface area contributed by atoms with Crippen LogP contribution >= 0.6 is 22.5 Å². The van der Waals surface area contributed by atoms with Gasteiger partial charge in [-0.3, -0.25) is 0 Å². The summed E-state index contributed by atoms with van der Waals surface area (Å²) in [7, 11) is 1.54. The van der Waals surface area contributed by atoms with E-state index < -0.39 is 0 Å². The number of terminal acetylenes is 1. The lowest BCUT2D eigenvalue weighted by Crippen LogP contribution is -1.71. The highest BCUT2D eigenvalue weighted by Crippen LogP contribution is 2.06. The van der Waals surface area contributed by atoms with Gasteiger partial charge in [0.25, 0.3) is 0 Å². The molecule has 0 spiro atoms. The van der Waals surface area contributed by atoms with Crippen molar-refractivity contribution in [3.05, 3.63) is 0 Å². The van der Waals surface area contributed by atoms with Crippen LogP contribution in [0.1, 0.15) is 12.8 Å². The summed E-state index contributed by atoms with van der Waals surface area (Å²) in [5.74, 6) is 3.62. The second-order valence-corrected chi connectivity index (χ2v) is 2.58. The third-order valence-corrected chi connectivity index (χ3v) is 1.58. The monoisotopic (exact) mass is 132 g/mol. The predicted molar refractivity (Wildman–Crippen MR) is 39.5 cm³/mol. The Morgan fingerprint density at radius 2 is 2.43 bits per heavy atom. The first kappa shape index (κ1) is 7.26. The lowest BCUT2D eigenvalue weighted by atomic mass is 10.4. The molecule has 0 aromatic heterocycles. The maximum atomic E-state index is 4.99. The molecule has 0 fully saturated rings. The Kier molecular flexibility index (Phi) is 6.49. The molecule has 0 aromatic rings. The van der Waals surface area contributed by atoms with E-state index in [-0.39, 0.29) is 0 Å². The Hall–Kier alpha value is 0.260. The molecule has 0 bridgehead atoms. The van der Waals surface area contributed by atoms with Crippen LogP contribution in [0.3, 0.4) is 0 Å². The summed E-state index contributed by atoms with van der Waals surface area (Å²) in [5.41, 5.74) is 0. The number of rotatable bonds is 3. The molecule has 0 amide bonds. The summed E-state index contributed by atoms with van der Waals surface area (Å²) in [6.45, 7) is 0. The molecule has 0 atom stereocenters. The quantitative estimate of drug-likeness (QED) is 0.265. The fraction of sp³-hybridized carbons (Fsp3) is 0.600. The van der Waals surface area contributed by atoms with Gasteiger partial charge in [0.2, 0.25) is 0 Å². The van der Waals surface area contributed by atoms with Crippen molar-refractivity contribution in [3.63, 3.8) is 0 Å². The van der Waals surface area contributed by atoms with Crippen LogP contribution in [-0.4, -0.2) is 5.75 Å². The second-order valence-electron chi connectivity index (χ2n) is 1.14. The molecule has 0 aliphatic carbocycles. The number of unbranched alkanes of at least 4 members (excludes halogenated alkanes) is 1. The van der Waals surface area contributed by atoms with Gasteiger partial charge in [-0.1, -0.05) is 10.8 Å². The first-order chi connectivity index (χ1) is 3.41. The number of hydrogen-bond donors (Lipinski definition) is 1. The van der Waals surface area contributed by atoms with E-state index in [9.17, 15) is 0 Å². The normalized spacial score (nSPS) is 8.00. The SMILES string of the molecule is C#CCCCSS. The van der Waals surface area contributed by atoms with Crippen LogP contribution in [0.2, 0.25) is 0 Å². The van der Waals surface area contributed by atoms with Crippen molar-refractivity contribution < 1.29 is 0 Å². The Bertz CT molecular complexity index is 63.0. The highest BCUT2D eigenvalue weighted by Gasteiger charge is 1.78. The van der Waals surface area contributed by atoms with Gasteiger partial charge in [-0.2, -0.15) is 0 Å². The molecule has 0 saturated heterocycles. The summed E-state index contributed by atoms with van der Waals surface area (Å²) in [6.07, 6.45) is 6.96. The summed E-state index contributed by atoms with van der Waals surface area (Å²) in [4.78, 5) is 0. The minimum Gasteiger partial charge on any atom is -0.120 e. The lowest BCUT2D eigenvalue weighted by molar-refractivity contribution is 1.00. The van der Waals surface area contributed by atoms with Crippen LogP contribution in [0.5, 0.6) is 0 Å². The molecule has 0 rings (SSSR count). The van der Waals surface area contributed by atoms with Crippen molar-refractivity contribution in [2.24, 2.45) is 0 Å². The van der Waals surface area contributed by atoms with E-state index in [1.807, 2.05) is 0 Å². The van der Waals surface area contributed by atoms with E-state index in [0.717, 1.165) is 18.6 Å². The lowest BCUT2D eigenvalue weighted by Gasteiger charge is -1.85. The zero-order valence-corrected chi connectivity index (χ0v) is 5.77. The smallest absolute Gasteiger partial charge is 0.00942 e. The zero-order valence-electron chi connectivity index (χ0n) is 4.05. The van der Waals surface area contributed by atoms with Crippen molar-refractivity contribution in [3.8, 4) is 12.3 Å². The Labute approximate surface area is 53.9 Å². The molecular weight excluding hydrogens is 124 g/mol. The maximum absolute atomic E-state index is 4.99. The second kappa shape index (κ2) is 6.26. The third kappa shape index (κ3) is 6.26. The molecule has 7 heavy (non-hydrogen) atoms. The molecule has 0 aliphatic heterocycles. The van der Waals surface area contributed by atoms with E-state index >= 15 is 0 Å². The molecule has 0 aliphatic rings. The number of thiol groups is 1. The molecule has 40 valence electrons. The van der Waals surface area contributed by atoms with Gasteiger partial charge in [0.1, 0.15) is 0 Å². The molecule has 0 heterocycles. The first-order valence-corrected chi connectivity index (χ1v) is 4.15. The Morgan fingerprint density at radius 3 is 2.86 bits per heavy atom. The van der Waals surface area contributed by atoms with E-state index in [1.54, 1.807) is 10.8 Å². The predicted octanol–water partition coefficient (Wildman–Crippen LogP) is 1.98. The average molecular weight is 132 g/mol. The third-order valence-electron chi connectivity index (χ3n) is 0.557. The molecule has 0 aromatic carbocycles. The maximum Gasteiger partial charge on any atom is 0.00942 e. The topological polar surface area (TPSA) is 0 Å². The van der Waals surface area contributed by atoms with Gasteiger partial charge in [-0.25, -0.2) is 0 Å². The van der Waals surface area contributed by atoms with Crippen LogP contribution in [-0.2, 0) is 0 Å². The highest BCUT2D eigenvalue weighted by atomic mass is 33.1. The Balaban J connectivity index is 2.60. The van der Waals surface area contributed by atoms with Gasteiger partial charge in [0.15, 0.2) is 0 Å². The van der Waals surface area contributed by atoms with E-state index in [4.69, 9.17) is 6.42 Å². The summed E-state index contributed by atoms with van der Waals surface area (Å²) in [6, 6.07) is 0. The first-order valence-electron chi connectivity index (χ1n) is 2.11. The molecule has 0 N–H and O–H groups in total. The minimum absolute atomic E-state index is 0.882. The van der Waals surface area contributed by atoms with E-state index in [0.29, 0.717) is 0 Å². The minimum atomic E-state index is 0.882. The van der Waals surface area contributed by atoms with Crippen molar-refractivity contribution in [1.82, 2.24) is 0 Å². The van der Waals surface area contributed by atoms with Crippen molar-refractivity contribution in [2.45, 2.75) is 12.8 Å². The standard InChI is InChI=1S/C5H8S2/c1-2-3-4-5-7-6/h1,6H,3-5H2. The highest BCUT2D eigenvalue weighted by molar-refractivity contribution is 8.68. The largest absolute Gasteiger partial charge is 0.120 e. The van der Waals surface area contributed by atoms with Crippen LogP contribution < -0.4 is 0 Å². The van der Waals surface area contributed by atoms with Crippen LogP contribution in [0.25, 0.3) is 0 Å². The van der Waals surface area contributed by atoms with Crippen molar-refractivity contribution in [1.29, 1.82) is 0 Å². The van der Waals surface area contributed by atoms with E-state index in [1.165, 1.54) is 0 Å². The van der Waals surface area contributed by atoms with Crippen LogP contribution in [0, 0.1) is 12.3 Å². The van der Waals surface area contributed by atoms with Crippen molar-refractivity contribution in [2.75, 3.05) is 5.75 Å². The molecule has 0 radical (unpaired) electrons. The van der Waals surface area contributed by atoms with Crippen LogP contribution in [0.15, 0.2) is 0 Å². The summed E-state index contributed by atoms with van der Waals surface area (Å²) >= 11 is 3.94. The van der Waals surface area contributed by atoms with Crippen LogP contribution in [0.4, 0.5) is 0 Å². The molecule has 2 heteroatoms.